The van der Waals surface area contributed by atoms with Crippen LogP contribution in [-0.2, 0) is 9.59 Å². The standard InChI is InChI=1S/C14H14N2O5/c17-13(15-8-2-5-12(15)14(18)19)7-6-10-3-1-4-11(9-10)16(20)21/h1,3-4,6-7,9,12H,2,5,8H2,(H,18,19)/b7-6+/t12-/m0/s1. The van der Waals surface area contributed by atoms with Crippen molar-refractivity contribution in [2.75, 3.05) is 6.54 Å². The molecule has 1 atom stereocenters. The Labute approximate surface area is 120 Å². The van der Waals surface area contributed by atoms with E-state index in [1.165, 1.54) is 35.3 Å². The van der Waals surface area contributed by atoms with Gasteiger partial charge in [-0.1, -0.05) is 12.1 Å². The minimum atomic E-state index is -1.01. The second-order valence-electron chi connectivity index (χ2n) is 4.71. The average molecular weight is 290 g/mol. The fraction of sp³-hybridized carbons (Fsp3) is 0.286. The third-order valence-corrected chi connectivity index (χ3v) is 3.32. The van der Waals surface area contributed by atoms with Crippen LogP contribution in [0.2, 0.25) is 0 Å². The lowest BCUT2D eigenvalue weighted by molar-refractivity contribution is -0.384. The largest absolute Gasteiger partial charge is 0.480 e. The van der Waals surface area contributed by atoms with Crippen molar-refractivity contribution in [3.05, 3.63) is 46.0 Å². The molecule has 0 aliphatic carbocycles. The first kappa shape index (κ1) is 14.7. The molecule has 0 spiro atoms. The monoisotopic (exact) mass is 290 g/mol. The van der Waals surface area contributed by atoms with Crippen LogP contribution in [0.3, 0.4) is 0 Å². The third kappa shape index (κ3) is 3.44. The van der Waals surface area contributed by atoms with Gasteiger partial charge in [-0.3, -0.25) is 14.9 Å². The van der Waals surface area contributed by atoms with Crippen LogP contribution >= 0.6 is 0 Å². The van der Waals surface area contributed by atoms with Gasteiger partial charge in [-0.15, -0.1) is 0 Å². The van der Waals surface area contributed by atoms with Gasteiger partial charge in [-0.05, 0) is 24.5 Å². The Morgan fingerprint density at radius 2 is 2.19 bits per heavy atom. The summed E-state index contributed by atoms with van der Waals surface area (Å²) < 4.78 is 0. The number of nitro benzene ring substituents is 1. The summed E-state index contributed by atoms with van der Waals surface area (Å²) in [5.74, 6) is -1.41. The van der Waals surface area contributed by atoms with E-state index in [0.717, 1.165) is 0 Å². The second-order valence-corrected chi connectivity index (χ2v) is 4.71. The topological polar surface area (TPSA) is 101 Å². The van der Waals surface area contributed by atoms with Gasteiger partial charge in [-0.25, -0.2) is 4.79 Å². The summed E-state index contributed by atoms with van der Waals surface area (Å²) >= 11 is 0. The molecule has 7 nitrogen and oxygen atoms in total. The van der Waals surface area contributed by atoms with Crippen LogP contribution in [0.4, 0.5) is 5.69 Å². The van der Waals surface area contributed by atoms with E-state index in [2.05, 4.69) is 0 Å². The quantitative estimate of drug-likeness (QED) is 0.516. The molecule has 0 unspecified atom stereocenters. The van der Waals surface area contributed by atoms with Gasteiger partial charge in [0.15, 0.2) is 0 Å². The normalized spacial score (nSPS) is 18.1. The summed E-state index contributed by atoms with van der Waals surface area (Å²) in [5.41, 5.74) is 0.456. The predicted molar refractivity (Wildman–Crippen MR) is 74.5 cm³/mol. The first-order valence-electron chi connectivity index (χ1n) is 6.45. The lowest BCUT2D eigenvalue weighted by Crippen LogP contribution is -2.39. The zero-order chi connectivity index (χ0) is 15.4. The number of carbonyl (C=O) groups excluding carboxylic acids is 1. The number of non-ortho nitro benzene ring substituents is 1. The van der Waals surface area contributed by atoms with Crippen molar-refractivity contribution in [1.82, 2.24) is 4.90 Å². The Morgan fingerprint density at radius 1 is 1.43 bits per heavy atom. The molecule has 0 aromatic heterocycles. The van der Waals surface area contributed by atoms with Gasteiger partial charge >= 0.3 is 5.97 Å². The van der Waals surface area contributed by atoms with E-state index >= 15 is 0 Å². The molecule has 1 aliphatic rings. The number of amides is 1. The molecular formula is C14H14N2O5. The van der Waals surface area contributed by atoms with E-state index in [0.29, 0.717) is 24.9 Å². The van der Waals surface area contributed by atoms with Crippen LogP contribution in [0.1, 0.15) is 18.4 Å². The average Bonchev–Trinajstić information content (AvgIpc) is 2.94. The van der Waals surface area contributed by atoms with Crippen LogP contribution < -0.4 is 0 Å². The van der Waals surface area contributed by atoms with Gasteiger partial charge in [0, 0.05) is 24.8 Å². The number of likely N-dealkylation sites (tertiary alicyclic amines) is 1. The molecule has 0 radical (unpaired) electrons. The van der Waals surface area contributed by atoms with Gasteiger partial charge in [0.1, 0.15) is 6.04 Å². The smallest absolute Gasteiger partial charge is 0.326 e. The zero-order valence-corrected chi connectivity index (χ0v) is 11.1. The van der Waals surface area contributed by atoms with Crippen molar-refractivity contribution in [2.45, 2.75) is 18.9 Å². The predicted octanol–water partition coefficient (Wildman–Crippen LogP) is 1.68. The molecule has 7 heteroatoms. The molecule has 1 amide bonds. The lowest BCUT2D eigenvalue weighted by atomic mass is 10.2. The number of carbonyl (C=O) groups is 2. The van der Waals surface area contributed by atoms with Gasteiger partial charge in [0.25, 0.3) is 5.69 Å². The van der Waals surface area contributed by atoms with Crippen LogP contribution in [0.15, 0.2) is 30.3 Å². The maximum Gasteiger partial charge on any atom is 0.326 e. The van der Waals surface area contributed by atoms with E-state index < -0.39 is 22.8 Å². The lowest BCUT2D eigenvalue weighted by Gasteiger charge is -2.19. The number of carboxylic acids is 1. The van der Waals surface area contributed by atoms with Crippen molar-refractivity contribution in [3.8, 4) is 0 Å². The number of aliphatic carboxylic acids is 1. The van der Waals surface area contributed by atoms with Crippen molar-refractivity contribution in [3.63, 3.8) is 0 Å². The molecule has 21 heavy (non-hydrogen) atoms. The molecule has 1 aliphatic heterocycles. The van der Waals surface area contributed by atoms with Crippen LogP contribution in [0.25, 0.3) is 6.08 Å². The number of carboxylic acid groups (broad SMARTS) is 1. The highest BCUT2D eigenvalue weighted by molar-refractivity contribution is 5.94. The number of hydrogen-bond donors (Lipinski definition) is 1. The van der Waals surface area contributed by atoms with E-state index in [1.807, 2.05) is 0 Å². The molecule has 1 N–H and O–H groups in total. The summed E-state index contributed by atoms with van der Waals surface area (Å²) in [6.07, 6.45) is 3.81. The van der Waals surface area contributed by atoms with Crippen LogP contribution in [0.5, 0.6) is 0 Å². The highest BCUT2D eigenvalue weighted by atomic mass is 16.6. The first-order chi connectivity index (χ1) is 9.99. The highest BCUT2D eigenvalue weighted by Crippen LogP contribution is 2.19. The Hall–Kier alpha value is -2.70. The molecular weight excluding hydrogens is 276 g/mol. The minimum Gasteiger partial charge on any atom is -0.480 e. The summed E-state index contributed by atoms with van der Waals surface area (Å²) in [6, 6.07) is 5.09. The van der Waals surface area contributed by atoms with Gasteiger partial charge in [0.2, 0.25) is 5.91 Å². The van der Waals surface area contributed by atoms with E-state index in [4.69, 9.17) is 5.11 Å². The fourth-order valence-corrected chi connectivity index (χ4v) is 2.29. The van der Waals surface area contributed by atoms with Crippen molar-refractivity contribution in [1.29, 1.82) is 0 Å². The fourth-order valence-electron chi connectivity index (χ4n) is 2.29. The first-order valence-corrected chi connectivity index (χ1v) is 6.45. The molecule has 1 aromatic carbocycles. The Kier molecular flexibility index (Phi) is 4.32. The zero-order valence-electron chi connectivity index (χ0n) is 11.1. The maximum atomic E-state index is 12.0. The van der Waals surface area contributed by atoms with Crippen LogP contribution in [0, 0.1) is 10.1 Å². The SMILES string of the molecule is O=C(O)[C@@H]1CCCN1C(=O)/C=C/c1cccc([N+](=O)[O-])c1. The number of benzene rings is 1. The molecule has 0 bridgehead atoms. The number of nitro groups is 1. The van der Waals surface area contributed by atoms with E-state index in [-0.39, 0.29) is 5.69 Å². The van der Waals surface area contributed by atoms with Crippen LogP contribution in [-0.4, -0.2) is 39.4 Å². The Balaban J connectivity index is 2.10. The van der Waals surface area contributed by atoms with E-state index in [9.17, 15) is 19.7 Å². The molecule has 2 rings (SSSR count). The second kappa shape index (κ2) is 6.17. The number of nitrogens with zero attached hydrogens (tertiary/aromatic N) is 2. The van der Waals surface area contributed by atoms with Gasteiger partial charge in [0.05, 0.1) is 4.92 Å². The summed E-state index contributed by atoms with van der Waals surface area (Å²) in [7, 11) is 0. The highest BCUT2D eigenvalue weighted by Gasteiger charge is 2.32. The van der Waals surface area contributed by atoms with Crippen molar-refractivity contribution < 1.29 is 19.6 Å². The number of rotatable bonds is 4. The van der Waals surface area contributed by atoms with Gasteiger partial charge in [-0.2, -0.15) is 0 Å². The molecule has 0 saturated carbocycles. The molecule has 1 heterocycles. The Morgan fingerprint density at radius 3 is 2.86 bits per heavy atom. The van der Waals surface area contributed by atoms with Gasteiger partial charge < -0.3 is 10.0 Å². The van der Waals surface area contributed by atoms with Crippen molar-refractivity contribution >= 4 is 23.6 Å². The van der Waals surface area contributed by atoms with Crippen molar-refractivity contribution in [2.24, 2.45) is 0 Å². The molecule has 110 valence electrons. The number of hydrogen-bond acceptors (Lipinski definition) is 4. The summed E-state index contributed by atoms with van der Waals surface area (Å²) in [4.78, 5) is 34.5. The molecule has 1 fully saturated rings. The minimum absolute atomic E-state index is 0.0609. The maximum absolute atomic E-state index is 12.0. The van der Waals surface area contributed by atoms with E-state index in [1.54, 1.807) is 6.07 Å². The Bertz CT molecular complexity index is 611. The summed E-state index contributed by atoms with van der Waals surface area (Å²) in [5, 5.41) is 19.7. The summed E-state index contributed by atoms with van der Waals surface area (Å²) in [6.45, 7) is 0.412. The third-order valence-electron chi connectivity index (χ3n) is 3.32. The molecule has 1 saturated heterocycles. The molecule has 1 aromatic rings.